The number of hydrogen-bond acceptors (Lipinski definition) is 4. The van der Waals surface area contributed by atoms with Crippen molar-refractivity contribution in [2.75, 3.05) is 17.7 Å². The Morgan fingerprint density at radius 1 is 1.33 bits per heavy atom. The van der Waals surface area contributed by atoms with E-state index in [1.807, 2.05) is 30.3 Å². The molecule has 0 fully saturated rings. The highest BCUT2D eigenvalue weighted by Gasteiger charge is 2.11. The number of ether oxygens (including phenoxy) is 1. The van der Waals surface area contributed by atoms with Crippen LogP contribution >= 0.6 is 11.8 Å². The van der Waals surface area contributed by atoms with Gasteiger partial charge >= 0.3 is 0 Å². The number of fused-ring (bicyclic) bond motifs is 1. The van der Waals surface area contributed by atoms with E-state index in [0.29, 0.717) is 11.5 Å². The van der Waals surface area contributed by atoms with Gasteiger partial charge in [-0.1, -0.05) is 6.07 Å². The minimum absolute atomic E-state index is 0.0117. The molecule has 0 aliphatic carbocycles. The number of benzene rings is 1. The zero-order chi connectivity index (χ0) is 14.5. The van der Waals surface area contributed by atoms with Gasteiger partial charge in [0, 0.05) is 11.8 Å². The first-order chi connectivity index (χ1) is 10.3. The van der Waals surface area contributed by atoms with Gasteiger partial charge in [-0.05, 0) is 36.6 Å². The smallest absolute Gasteiger partial charge is 0.234 e. The molecule has 5 heteroatoms. The molecule has 0 saturated carbocycles. The van der Waals surface area contributed by atoms with Crippen molar-refractivity contribution in [1.82, 2.24) is 0 Å². The summed E-state index contributed by atoms with van der Waals surface area (Å²) < 4.78 is 10.8. The third-order valence-electron chi connectivity index (χ3n) is 3.26. The summed E-state index contributed by atoms with van der Waals surface area (Å²) in [5.74, 6) is 2.87. The molecular weight excluding hydrogens is 286 g/mol. The van der Waals surface area contributed by atoms with Crippen LogP contribution in [0.5, 0.6) is 5.75 Å². The van der Waals surface area contributed by atoms with Crippen molar-refractivity contribution in [2.45, 2.75) is 18.6 Å². The minimum Gasteiger partial charge on any atom is -0.493 e. The summed E-state index contributed by atoms with van der Waals surface area (Å²) in [7, 11) is 0. The summed E-state index contributed by atoms with van der Waals surface area (Å²) in [6.07, 6.45) is 3.74. The van der Waals surface area contributed by atoms with Gasteiger partial charge in [0.05, 0.1) is 24.4 Å². The second-order valence-electron chi connectivity index (χ2n) is 4.89. The maximum absolute atomic E-state index is 11.9. The molecule has 4 nitrogen and oxygen atoms in total. The summed E-state index contributed by atoms with van der Waals surface area (Å²) in [5.41, 5.74) is 2.01. The van der Waals surface area contributed by atoms with Crippen LogP contribution in [0, 0.1) is 0 Å². The molecule has 1 amide bonds. The maximum atomic E-state index is 11.9. The topological polar surface area (TPSA) is 51.5 Å². The van der Waals surface area contributed by atoms with Crippen LogP contribution in [0.4, 0.5) is 5.69 Å². The van der Waals surface area contributed by atoms with Crippen LogP contribution in [0.1, 0.15) is 17.7 Å². The third-order valence-corrected chi connectivity index (χ3v) is 4.21. The molecule has 0 spiro atoms. The molecular formula is C16H17NO3S. The molecule has 3 rings (SSSR count). The minimum atomic E-state index is -0.0117. The lowest BCUT2D eigenvalue weighted by molar-refractivity contribution is -0.113. The lowest BCUT2D eigenvalue weighted by atomic mass is 10.1. The average Bonchev–Trinajstić information content (AvgIpc) is 3.00. The van der Waals surface area contributed by atoms with E-state index in [2.05, 4.69) is 5.32 Å². The summed E-state index contributed by atoms with van der Waals surface area (Å²) >= 11 is 1.53. The number of rotatable bonds is 5. The number of amides is 1. The molecule has 1 aromatic heterocycles. The molecule has 21 heavy (non-hydrogen) atoms. The van der Waals surface area contributed by atoms with Crippen molar-refractivity contribution < 1.29 is 13.9 Å². The van der Waals surface area contributed by atoms with Crippen molar-refractivity contribution in [3.63, 3.8) is 0 Å². The van der Waals surface area contributed by atoms with Crippen LogP contribution in [-0.4, -0.2) is 18.3 Å². The van der Waals surface area contributed by atoms with E-state index in [1.165, 1.54) is 17.3 Å². The molecule has 0 unspecified atom stereocenters. The number of hydrogen-bond donors (Lipinski definition) is 1. The third kappa shape index (κ3) is 3.82. The fraction of sp³-hybridized carbons (Fsp3) is 0.312. The molecule has 1 aliphatic heterocycles. The molecule has 1 N–H and O–H groups in total. The molecule has 0 bridgehead atoms. The van der Waals surface area contributed by atoms with Crippen LogP contribution in [-0.2, 0) is 17.0 Å². The standard InChI is InChI=1S/C16H17NO3S/c18-16(11-21-10-14-4-2-7-19-14)17-13-6-5-12-3-1-8-20-15(12)9-13/h2,4-7,9H,1,3,8,10-11H2,(H,17,18). The summed E-state index contributed by atoms with van der Waals surface area (Å²) in [6, 6.07) is 9.63. The van der Waals surface area contributed by atoms with Crippen LogP contribution in [0.25, 0.3) is 0 Å². The first kappa shape index (κ1) is 14.1. The van der Waals surface area contributed by atoms with E-state index < -0.39 is 0 Å². The Kier molecular flexibility index (Phi) is 4.50. The van der Waals surface area contributed by atoms with E-state index in [4.69, 9.17) is 9.15 Å². The highest BCUT2D eigenvalue weighted by atomic mass is 32.2. The van der Waals surface area contributed by atoms with E-state index in [-0.39, 0.29) is 5.91 Å². The number of anilines is 1. The van der Waals surface area contributed by atoms with E-state index in [9.17, 15) is 4.79 Å². The van der Waals surface area contributed by atoms with Gasteiger partial charge in [0.2, 0.25) is 5.91 Å². The summed E-state index contributed by atoms with van der Waals surface area (Å²) in [5, 5.41) is 2.90. The second kappa shape index (κ2) is 6.72. The normalized spacial score (nSPS) is 13.3. The first-order valence-corrected chi connectivity index (χ1v) is 8.12. The molecule has 1 aromatic carbocycles. The van der Waals surface area contributed by atoms with Crippen LogP contribution in [0.15, 0.2) is 41.0 Å². The molecule has 0 saturated heterocycles. The number of aryl methyl sites for hydroxylation is 1. The highest BCUT2D eigenvalue weighted by Crippen LogP contribution is 2.28. The van der Waals surface area contributed by atoms with E-state index in [1.54, 1.807) is 6.26 Å². The van der Waals surface area contributed by atoms with Gasteiger partial charge in [-0.2, -0.15) is 0 Å². The fourth-order valence-electron chi connectivity index (χ4n) is 2.25. The number of carbonyl (C=O) groups excluding carboxylic acids is 1. The van der Waals surface area contributed by atoms with Crippen molar-refractivity contribution in [3.05, 3.63) is 47.9 Å². The monoisotopic (exact) mass is 303 g/mol. The van der Waals surface area contributed by atoms with Crippen LogP contribution in [0.3, 0.4) is 0 Å². The van der Waals surface area contributed by atoms with Crippen molar-refractivity contribution in [2.24, 2.45) is 0 Å². The Morgan fingerprint density at radius 2 is 2.29 bits per heavy atom. The van der Waals surface area contributed by atoms with Crippen molar-refractivity contribution >= 4 is 23.4 Å². The molecule has 0 radical (unpaired) electrons. The van der Waals surface area contributed by atoms with Gasteiger partial charge in [0.25, 0.3) is 0 Å². The SMILES string of the molecule is O=C(CSCc1ccco1)Nc1ccc2c(c1)OCCC2. The van der Waals surface area contributed by atoms with Gasteiger partial charge in [-0.3, -0.25) is 4.79 Å². The Morgan fingerprint density at radius 3 is 3.14 bits per heavy atom. The fourth-order valence-corrected chi connectivity index (χ4v) is 2.98. The Balaban J connectivity index is 1.50. The average molecular weight is 303 g/mol. The molecule has 110 valence electrons. The van der Waals surface area contributed by atoms with Crippen molar-refractivity contribution in [1.29, 1.82) is 0 Å². The molecule has 2 heterocycles. The predicted molar refractivity (Wildman–Crippen MR) is 83.8 cm³/mol. The maximum Gasteiger partial charge on any atom is 0.234 e. The Hall–Kier alpha value is -1.88. The quantitative estimate of drug-likeness (QED) is 0.919. The van der Waals surface area contributed by atoms with Gasteiger partial charge in [-0.25, -0.2) is 0 Å². The summed E-state index contributed by atoms with van der Waals surface area (Å²) in [6.45, 7) is 0.753. The number of furan rings is 1. The van der Waals surface area contributed by atoms with E-state index >= 15 is 0 Å². The highest BCUT2D eigenvalue weighted by molar-refractivity contribution is 7.99. The van der Waals surface area contributed by atoms with Gasteiger partial charge in [0.1, 0.15) is 11.5 Å². The second-order valence-corrected chi connectivity index (χ2v) is 5.88. The van der Waals surface area contributed by atoms with Gasteiger partial charge in [-0.15, -0.1) is 11.8 Å². The number of nitrogens with one attached hydrogen (secondary N) is 1. The van der Waals surface area contributed by atoms with Crippen LogP contribution in [0.2, 0.25) is 0 Å². The lowest BCUT2D eigenvalue weighted by Gasteiger charge is -2.18. The molecule has 2 aromatic rings. The lowest BCUT2D eigenvalue weighted by Crippen LogP contribution is -2.15. The predicted octanol–water partition coefficient (Wildman–Crippen LogP) is 3.48. The largest absolute Gasteiger partial charge is 0.493 e. The molecule has 1 aliphatic rings. The van der Waals surface area contributed by atoms with Crippen molar-refractivity contribution in [3.8, 4) is 5.75 Å². The number of thioether (sulfide) groups is 1. The zero-order valence-corrected chi connectivity index (χ0v) is 12.4. The van der Waals surface area contributed by atoms with E-state index in [0.717, 1.165) is 36.6 Å². The first-order valence-electron chi connectivity index (χ1n) is 6.97. The summed E-state index contributed by atoms with van der Waals surface area (Å²) in [4.78, 5) is 11.9. The Bertz CT molecular complexity index is 610. The van der Waals surface area contributed by atoms with Gasteiger partial charge in [0.15, 0.2) is 0 Å². The zero-order valence-electron chi connectivity index (χ0n) is 11.6. The van der Waals surface area contributed by atoms with Gasteiger partial charge < -0.3 is 14.5 Å². The van der Waals surface area contributed by atoms with Crippen LogP contribution < -0.4 is 10.1 Å². The number of carbonyl (C=O) groups is 1. The Labute approximate surface area is 127 Å². The molecule has 0 atom stereocenters.